The molecule has 1 saturated heterocycles. The van der Waals surface area contributed by atoms with Crippen molar-refractivity contribution in [1.82, 2.24) is 0 Å². The number of hydrogen-bond acceptors (Lipinski definition) is 11. The molecule has 0 aromatic carbocycles. The Kier molecular flexibility index (Phi) is 25.4. The van der Waals surface area contributed by atoms with E-state index in [1.165, 1.54) is 32.4 Å². The zero-order valence-corrected chi connectivity index (χ0v) is 20.9. The zero-order valence-electron chi connectivity index (χ0n) is 20.9. The number of rotatable bonds is 11. The van der Waals surface area contributed by atoms with Crippen molar-refractivity contribution < 1.29 is 42.8 Å². The molecule has 0 aromatic heterocycles. The van der Waals surface area contributed by atoms with E-state index in [1.54, 1.807) is 6.92 Å². The number of esters is 3. The predicted molar refractivity (Wildman–Crippen MR) is 129 cm³/mol. The highest BCUT2D eigenvalue weighted by Crippen LogP contribution is 2.07. The van der Waals surface area contributed by atoms with E-state index in [2.05, 4.69) is 51.2 Å². The highest BCUT2D eigenvalue weighted by molar-refractivity contribution is 6.00. The fourth-order valence-corrected chi connectivity index (χ4v) is 1.11. The van der Waals surface area contributed by atoms with Gasteiger partial charge in [-0.05, 0) is 20.8 Å². The molecule has 11 heteroatoms. The lowest BCUT2D eigenvalue weighted by atomic mass is 10.3. The molecule has 1 rings (SSSR count). The van der Waals surface area contributed by atoms with Gasteiger partial charge in [0.15, 0.2) is 0 Å². The zero-order chi connectivity index (χ0) is 28.4. The third-order valence-corrected chi connectivity index (χ3v) is 2.87. The molecule has 196 valence electrons. The summed E-state index contributed by atoms with van der Waals surface area (Å²) in [6.07, 6.45) is 9.73. The van der Waals surface area contributed by atoms with Gasteiger partial charge >= 0.3 is 17.9 Å². The van der Waals surface area contributed by atoms with Crippen LogP contribution in [-0.4, -0.2) is 63.7 Å². The van der Waals surface area contributed by atoms with Crippen molar-refractivity contribution in [3.8, 4) is 24.9 Å². The first-order chi connectivity index (χ1) is 17.0. The first-order valence-electron chi connectivity index (χ1n) is 10.1. The molecule has 11 nitrogen and oxygen atoms in total. The predicted octanol–water partition coefficient (Wildman–Crippen LogP) is 2.52. The van der Waals surface area contributed by atoms with Gasteiger partial charge in [-0.3, -0.25) is 0 Å². The van der Waals surface area contributed by atoms with Gasteiger partial charge in [0.1, 0.15) is 32.5 Å². The van der Waals surface area contributed by atoms with Crippen molar-refractivity contribution in [2.75, 3.05) is 39.6 Å². The molecule has 0 saturated carbocycles. The van der Waals surface area contributed by atoms with Gasteiger partial charge in [-0.2, -0.15) is 10.5 Å². The summed E-state index contributed by atoms with van der Waals surface area (Å²) >= 11 is 0. The van der Waals surface area contributed by atoms with Gasteiger partial charge in [-0.15, -0.1) is 6.42 Å². The molecule has 36 heavy (non-hydrogen) atoms. The molecule has 1 fully saturated rings. The van der Waals surface area contributed by atoms with E-state index in [-0.39, 0.29) is 24.4 Å². The lowest BCUT2D eigenvalue weighted by Gasteiger charge is -2.00. The minimum Gasteiger partial charge on any atom is -0.459 e. The number of carbonyl (C=O) groups is 3. The average Bonchev–Trinajstić information content (AvgIpc) is 3.66. The molecular weight excluding hydrogens is 472 g/mol. The van der Waals surface area contributed by atoms with E-state index in [4.69, 9.17) is 26.4 Å². The summed E-state index contributed by atoms with van der Waals surface area (Å²) in [7, 11) is 0. The summed E-state index contributed by atoms with van der Waals surface area (Å²) in [5.41, 5.74) is 0.723. The number of epoxide rings is 1. The highest BCUT2D eigenvalue weighted by Gasteiger charge is 2.21. The van der Waals surface area contributed by atoms with E-state index < -0.39 is 17.9 Å². The quantitative estimate of drug-likeness (QED) is 0.0595. The number of carbonyl (C=O) groups excluding carboxylic acids is 3. The van der Waals surface area contributed by atoms with Gasteiger partial charge in [0.2, 0.25) is 0 Å². The second-order valence-electron chi connectivity index (χ2n) is 6.46. The third-order valence-electron chi connectivity index (χ3n) is 2.87. The largest absolute Gasteiger partial charge is 0.459 e. The topological polar surface area (TPSA) is 157 Å². The second-order valence-corrected chi connectivity index (χ2v) is 6.46. The van der Waals surface area contributed by atoms with Crippen LogP contribution in [0.5, 0.6) is 0 Å². The van der Waals surface area contributed by atoms with E-state index in [0.29, 0.717) is 31.5 Å². The molecule has 1 heterocycles. The van der Waals surface area contributed by atoms with Crippen LogP contribution in [0.15, 0.2) is 49.1 Å². The Bertz CT molecular complexity index is 845. The molecule has 1 aliphatic heterocycles. The van der Waals surface area contributed by atoms with Crippen LogP contribution in [0.25, 0.3) is 0 Å². The van der Waals surface area contributed by atoms with Crippen molar-refractivity contribution in [2.45, 2.75) is 26.9 Å². The Morgan fingerprint density at radius 3 is 1.81 bits per heavy atom. The maximum absolute atomic E-state index is 10.7. The number of nitriles is 2. The summed E-state index contributed by atoms with van der Waals surface area (Å²) in [6, 6.07) is 0. The van der Waals surface area contributed by atoms with Gasteiger partial charge in [0, 0.05) is 16.7 Å². The maximum Gasteiger partial charge on any atom is 0.340 e. The van der Waals surface area contributed by atoms with Crippen LogP contribution in [0.2, 0.25) is 0 Å². The number of ether oxygens (including phenoxy) is 6. The molecule has 1 aliphatic rings. The first kappa shape index (κ1) is 36.2. The van der Waals surface area contributed by atoms with E-state index in [9.17, 15) is 14.4 Å². The number of terminal acetylenes is 1. The van der Waals surface area contributed by atoms with E-state index in [0.717, 1.165) is 6.61 Å². The molecule has 1 atom stereocenters. The minimum atomic E-state index is -0.710. The van der Waals surface area contributed by atoms with Crippen molar-refractivity contribution in [3.05, 3.63) is 49.1 Å². The smallest absolute Gasteiger partial charge is 0.340 e. The van der Waals surface area contributed by atoms with Crippen LogP contribution < -0.4 is 0 Å². The molecule has 0 aromatic rings. The first-order valence-corrected chi connectivity index (χ1v) is 10.1. The Hall–Kier alpha value is -4.37. The fraction of sp³-hybridized carbons (Fsp3) is 0.400. The van der Waals surface area contributed by atoms with Crippen LogP contribution in [0.3, 0.4) is 0 Å². The molecule has 0 aliphatic carbocycles. The van der Waals surface area contributed by atoms with Crippen molar-refractivity contribution in [3.63, 3.8) is 0 Å². The van der Waals surface area contributed by atoms with Gasteiger partial charge < -0.3 is 28.4 Å². The molecule has 0 N–H and O–H groups in total. The Balaban J connectivity index is -0.000000413. The Morgan fingerprint density at radius 2 is 1.47 bits per heavy atom. The Morgan fingerprint density at radius 1 is 0.972 bits per heavy atom. The van der Waals surface area contributed by atoms with Gasteiger partial charge in [0.25, 0.3) is 12.5 Å². The van der Waals surface area contributed by atoms with E-state index in [1.807, 2.05) is 0 Å². The normalized spacial score (nSPS) is 11.5. The number of nitrogens with zero attached hydrogens (tertiary/aromatic N) is 2. The van der Waals surface area contributed by atoms with Gasteiger partial charge in [-0.25, -0.2) is 14.4 Å². The molecular formula is C25H32N2O9. The van der Waals surface area contributed by atoms with Crippen molar-refractivity contribution in [2.24, 2.45) is 0 Å². The van der Waals surface area contributed by atoms with Gasteiger partial charge in [-0.1, -0.05) is 38.3 Å². The van der Waals surface area contributed by atoms with Crippen molar-refractivity contribution >= 4 is 17.9 Å². The summed E-state index contributed by atoms with van der Waals surface area (Å²) < 4.78 is 27.1. The van der Waals surface area contributed by atoms with E-state index >= 15 is 0 Å². The summed E-state index contributed by atoms with van der Waals surface area (Å²) in [6.45, 7) is 20.2. The highest BCUT2D eigenvalue weighted by atomic mass is 16.6. The second kappa shape index (κ2) is 25.3. The van der Waals surface area contributed by atoms with Crippen LogP contribution >= 0.6 is 0 Å². The lowest BCUT2D eigenvalue weighted by Crippen LogP contribution is -2.12. The third kappa shape index (κ3) is 29.6. The summed E-state index contributed by atoms with van der Waals surface area (Å²) in [4.78, 5) is 32.0. The van der Waals surface area contributed by atoms with Gasteiger partial charge in [0.05, 0.1) is 13.2 Å². The molecule has 1 unspecified atom stereocenters. The van der Waals surface area contributed by atoms with Crippen LogP contribution in [-0.2, 0) is 42.8 Å². The van der Waals surface area contributed by atoms with Crippen molar-refractivity contribution in [1.29, 1.82) is 10.5 Å². The molecule has 0 bridgehead atoms. The SMILES string of the molecule is C#CCOCC1CO1.C=C(C)C(=O)OC(=O)C(=C)C.C=C(C)C(=O)OCCOC#N.C=CCOC#N. The standard InChI is InChI=1S/C8H10O3.C7H9NO3.C6H8O2.C4H5NO/c1-5(2)7(9)11-8(10)6(3)4;1-6(2)7(9)11-4-3-10-5-8;1-2-3-7-4-6-5-8-6;1-2-3-6-4-5/h1,3H2,2,4H3;1,3-4H2,2H3;1,6H,3-5H2;2H,1,3H2. The lowest BCUT2D eigenvalue weighted by molar-refractivity contribution is -0.154. The molecule has 0 spiro atoms. The maximum atomic E-state index is 10.7. The van der Waals surface area contributed by atoms with Crippen LogP contribution in [0.4, 0.5) is 0 Å². The molecule has 0 radical (unpaired) electrons. The summed E-state index contributed by atoms with van der Waals surface area (Å²) in [5, 5.41) is 15.6. The monoisotopic (exact) mass is 504 g/mol. The number of hydrogen-bond donors (Lipinski definition) is 0. The van der Waals surface area contributed by atoms with Crippen LogP contribution in [0, 0.1) is 35.4 Å². The average molecular weight is 505 g/mol. The summed E-state index contributed by atoms with van der Waals surface area (Å²) in [5.74, 6) is 0.487. The minimum absolute atomic E-state index is 0.0826. The Labute approximate surface area is 212 Å². The molecule has 0 amide bonds. The van der Waals surface area contributed by atoms with Crippen LogP contribution in [0.1, 0.15) is 20.8 Å². The fourth-order valence-electron chi connectivity index (χ4n) is 1.11.